The lowest BCUT2D eigenvalue weighted by atomic mass is 10.2. The number of amides is 1. The standard InChI is InChI=1S/C17H23N3O2/c1-11(2)20-12(3)19-14-9-13(6-7-15(14)20)10-18-17(21)16-5-4-8-22-16/h6-7,9,11,16H,4-5,8,10H2,1-3H3,(H,18,21). The lowest BCUT2D eigenvalue weighted by Crippen LogP contribution is -2.33. The molecule has 2 heterocycles. The second kappa shape index (κ2) is 6.08. The minimum atomic E-state index is -0.272. The number of aromatic nitrogens is 2. The predicted octanol–water partition coefficient (Wildman–Crippen LogP) is 2.72. The number of ether oxygens (including phenoxy) is 1. The first-order valence-corrected chi connectivity index (χ1v) is 7.93. The molecule has 5 nitrogen and oxygen atoms in total. The molecule has 1 aromatic carbocycles. The number of hydrogen-bond acceptors (Lipinski definition) is 3. The van der Waals surface area contributed by atoms with Crippen molar-refractivity contribution in [1.29, 1.82) is 0 Å². The van der Waals surface area contributed by atoms with Gasteiger partial charge in [-0.15, -0.1) is 0 Å². The zero-order valence-electron chi connectivity index (χ0n) is 13.4. The van der Waals surface area contributed by atoms with E-state index >= 15 is 0 Å². The normalized spacial score (nSPS) is 18.3. The molecule has 22 heavy (non-hydrogen) atoms. The molecule has 1 N–H and O–H groups in total. The summed E-state index contributed by atoms with van der Waals surface area (Å²) in [5, 5.41) is 2.95. The van der Waals surface area contributed by atoms with E-state index < -0.39 is 0 Å². The molecule has 1 aromatic heterocycles. The van der Waals surface area contributed by atoms with E-state index in [0.717, 1.165) is 35.3 Å². The minimum absolute atomic E-state index is 0.0125. The van der Waals surface area contributed by atoms with E-state index in [1.54, 1.807) is 0 Å². The first-order chi connectivity index (χ1) is 10.6. The van der Waals surface area contributed by atoms with Crippen LogP contribution >= 0.6 is 0 Å². The van der Waals surface area contributed by atoms with Gasteiger partial charge in [0, 0.05) is 19.2 Å². The molecule has 1 unspecified atom stereocenters. The van der Waals surface area contributed by atoms with Crippen molar-refractivity contribution in [3.8, 4) is 0 Å². The number of carbonyl (C=O) groups excluding carboxylic acids is 1. The Morgan fingerprint density at radius 1 is 1.50 bits per heavy atom. The van der Waals surface area contributed by atoms with Gasteiger partial charge in [0.1, 0.15) is 11.9 Å². The lowest BCUT2D eigenvalue weighted by molar-refractivity contribution is -0.130. The predicted molar refractivity (Wildman–Crippen MR) is 85.7 cm³/mol. The SMILES string of the molecule is Cc1nc2cc(CNC(=O)C3CCCO3)ccc2n1C(C)C. The summed E-state index contributed by atoms with van der Waals surface area (Å²) in [6.07, 6.45) is 1.52. The fourth-order valence-electron chi connectivity index (χ4n) is 3.11. The van der Waals surface area contributed by atoms with Crippen LogP contribution in [0, 0.1) is 6.92 Å². The highest BCUT2D eigenvalue weighted by atomic mass is 16.5. The zero-order chi connectivity index (χ0) is 15.7. The average molecular weight is 301 g/mol. The quantitative estimate of drug-likeness (QED) is 0.944. The minimum Gasteiger partial charge on any atom is -0.368 e. The largest absolute Gasteiger partial charge is 0.368 e. The maximum Gasteiger partial charge on any atom is 0.249 e. The second-order valence-electron chi connectivity index (χ2n) is 6.17. The number of benzene rings is 1. The molecule has 0 radical (unpaired) electrons. The van der Waals surface area contributed by atoms with Gasteiger partial charge >= 0.3 is 0 Å². The van der Waals surface area contributed by atoms with Crippen molar-refractivity contribution < 1.29 is 9.53 Å². The van der Waals surface area contributed by atoms with Crippen LogP contribution in [0.1, 0.15) is 44.1 Å². The van der Waals surface area contributed by atoms with Crippen LogP contribution in [0.3, 0.4) is 0 Å². The number of rotatable bonds is 4. The van der Waals surface area contributed by atoms with Crippen molar-refractivity contribution in [2.24, 2.45) is 0 Å². The topological polar surface area (TPSA) is 56.1 Å². The Morgan fingerprint density at radius 2 is 2.32 bits per heavy atom. The Balaban J connectivity index is 1.73. The van der Waals surface area contributed by atoms with E-state index in [1.807, 2.05) is 6.92 Å². The Labute approximate surface area is 130 Å². The van der Waals surface area contributed by atoms with Gasteiger partial charge in [-0.2, -0.15) is 0 Å². The van der Waals surface area contributed by atoms with E-state index in [2.05, 4.69) is 46.9 Å². The van der Waals surface area contributed by atoms with Crippen molar-refractivity contribution in [2.75, 3.05) is 6.61 Å². The van der Waals surface area contributed by atoms with Gasteiger partial charge in [-0.1, -0.05) is 6.07 Å². The van der Waals surface area contributed by atoms with Crippen LogP contribution in [-0.4, -0.2) is 28.2 Å². The molecule has 5 heteroatoms. The molecule has 0 bridgehead atoms. The summed E-state index contributed by atoms with van der Waals surface area (Å²) in [5.74, 6) is 1.01. The lowest BCUT2D eigenvalue weighted by Gasteiger charge is -2.12. The third-order valence-corrected chi connectivity index (χ3v) is 4.14. The number of nitrogens with one attached hydrogen (secondary N) is 1. The summed E-state index contributed by atoms with van der Waals surface area (Å²) < 4.78 is 7.62. The molecule has 118 valence electrons. The highest BCUT2D eigenvalue weighted by molar-refractivity contribution is 5.81. The van der Waals surface area contributed by atoms with Gasteiger partial charge in [0.15, 0.2) is 0 Å². The van der Waals surface area contributed by atoms with Crippen molar-refractivity contribution in [3.05, 3.63) is 29.6 Å². The fourth-order valence-corrected chi connectivity index (χ4v) is 3.11. The van der Waals surface area contributed by atoms with Crippen molar-refractivity contribution in [3.63, 3.8) is 0 Å². The highest BCUT2D eigenvalue weighted by Crippen LogP contribution is 2.22. The van der Waals surface area contributed by atoms with Crippen LogP contribution in [0.5, 0.6) is 0 Å². The van der Waals surface area contributed by atoms with E-state index in [1.165, 1.54) is 0 Å². The molecule has 1 atom stereocenters. The van der Waals surface area contributed by atoms with Gasteiger partial charge in [0.05, 0.1) is 11.0 Å². The van der Waals surface area contributed by atoms with E-state index in [0.29, 0.717) is 19.2 Å². The van der Waals surface area contributed by atoms with Crippen LogP contribution < -0.4 is 5.32 Å². The van der Waals surface area contributed by atoms with Gasteiger partial charge in [-0.05, 0) is 51.3 Å². The number of aryl methyl sites for hydroxylation is 1. The smallest absolute Gasteiger partial charge is 0.249 e. The third kappa shape index (κ3) is 2.86. The average Bonchev–Trinajstić information content (AvgIpc) is 3.10. The molecule has 0 spiro atoms. The van der Waals surface area contributed by atoms with Crippen LogP contribution in [0.2, 0.25) is 0 Å². The second-order valence-corrected chi connectivity index (χ2v) is 6.17. The summed E-state index contributed by atoms with van der Waals surface area (Å²) in [4.78, 5) is 16.6. The van der Waals surface area contributed by atoms with E-state index in [4.69, 9.17) is 4.74 Å². The van der Waals surface area contributed by atoms with Crippen LogP contribution in [0.25, 0.3) is 11.0 Å². The Morgan fingerprint density at radius 3 is 3.00 bits per heavy atom. The first kappa shape index (κ1) is 15.0. The van der Waals surface area contributed by atoms with Gasteiger partial charge in [-0.25, -0.2) is 4.98 Å². The summed E-state index contributed by atoms with van der Waals surface area (Å²) in [7, 11) is 0. The fraction of sp³-hybridized carbons (Fsp3) is 0.529. The van der Waals surface area contributed by atoms with Crippen LogP contribution in [0.4, 0.5) is 0 Å². The third-order valence-electron chi connectivity index (χ3n) is 4.14. The summed E-state index contributed by atoms with van der Waals surface area (Å²) in [6.45, 7) is 7.55. The Bertz CT molecular complexity index is 685. The summed E-state index contributed by atoms with van der Waals surface area (Å²) in [6, 6.07) is 6.58. The van der Waals surface area contributed by atoms with Crippen molar-refractivity contribution in [1.82, 2.24) is 14.9 Å². The molecule has 1 saturated heterocycles. The molecule has 2 aromatic rings. The van der Waals surface area contributed by atoms with Crippen molar-refractivity contribution >= 4 is 16.9 Å². The zero-order valence-corrected chi connectivity index (χ0v) is 13.4. The molecule has 3 rings (SSSR count). The maximum absolute atomic E-state index is 12.0. The molecule has 1 aliphatic rings. The molecule has 1 amide bonds. The molecule has 0 saturated carbocycles. The number of imidazole rings is 1. The van der Waals surface area contributed by atoms with Crippen LogP contribution in [0.15, 0.2) is 18.2 Å². The summed E-state index contributed by atoms with van der Waals surface area (Å²) >= 11 is 0. The summed E-state index contributed by atoms with van der Waals surface area (Å²) in [5.41, 5.74) is 3.18. The monoisotopic (exact) mass is 301 g/mol. The number of carbonyl (C=O) groups is 1. The van der Waals surface area contributed by atoms with Crippen LogP contribution in [-0.2, 0) is 16.1 Å². The van der Waals surface area contributed by atoms with Crippen molar-refractivity contribution in [2.45, 2.75) is 52.3 Å². The number of fused-ring (bicyclic) bond motifs is 1. The van der Waals surface area contributed by atoms with E-state index in [-0.39, 0.29) is 12.0 Å². The molecule has 1 aliphatic heterocycles. The first-order valence-electron chi connectivity index (χ1n) is 7.93. The molecule has 1 fully saturated rings. The number of hydrogen-bond donors (Lipinski definition) is 1. The molecular formula is C17H23N3O2. The molecule has 0 aliphatic carbocycles. The van der Waals surface area contributed by atoms with Gasteiger partial charge in [0.2, 0.25) is 5.91 Å². The Kier molecular flexibility index (Phi) is 4.16. The highest BCUT2D eigenvalue weighted by Gasteiger charge is 2.23. The number of nitrogens with zero attached hydrogens (tertiary/aromatic N) is 2. The maximum atomic E-state index is 12.0. The van der Waals surface area contributed by atoms with Gasteiger partial charge in [-0.3, -0.25) is 4.79 Å². The van der Waals surface area contributed by atoms with Gasteiger partial charge < -0.3 is 14.6 Å². The Hall–Kier alpha value is -1.88. The molecular weight excluding hydrogens is 278 g/mol. The van der Waals surface area contributed by atoms with E-state index in [9.17, 15) is 4.79 Å². The van der Waals surface area contributed by atoms with Gasteiger partial charge in [0.25, 0.3) is 0 Å².